The van der Waals surface area contributed by atoms with Gasteiger partial charge in [0.2, 0.25) is 10.0 Å². The van der Waals surface area contributed by atoms with E-state index in [9.17, 15) is 13.2 Å². The molecule has 0 amide bonds. The molecule has 5 atom stereocenters. The molecule has 2 aliphatic heterocycles. The smallest absolute Gasteiger partial charge is 0.308 e. The van der Waals surface area contributed by atoms with Crippen molar-refractivity contribution in [2.24, 2.45) is 5.92 Å². The van der Waals surface area contributed by atoms with Gasteiger partial charge in [-0.05, 0) is 43.7 Å². The van der Waals surface area contributed by atoms with Crippen molar-refractivity contribution in [3.8, 4) is 17.2 Å². The summed E-state index contributed by atoms with van der Waals surface area (Å²) in [5.74, 6) is 1.55. The Hall–Kier alpha value is -2.88. The molecule has 0 radical (unpaired) electrons. The molecule has 8 nitrogen and oxygen atoms in total. The number of likely N-dealkylation sites (N-methyl/N-ethyl adjacent to an activating group) is 1. The maximum Gasteiger partial charge on any atom is 0.308 e. The number of carbonyl (C=O) groups excluding carboxylic acids is 1. The molecule has 0 aromatic heterocycles. The van der Waals surface area contributed by atoms with Crippen LogP contribution in [-0.2, 0) is 32.4 Å². The fraction of sp³-hybridized carbons (Fsp3) is 0.500. The molecule has 2 aromatic rings. The maximum atomic E-state index is 13.7. The van der Waals surface area contributed by atoms with Crippen LogP contribution in [0.4, 0.5) is 0 Å². The van der Waals surface area contributed by atoms with Crippen LogP contribution in [0.15, 0.2) is 49.1 Å². The predicted molar refractivity (Wildman–Crippen MR) is 148 cm³/mol. The van der Waals surface area contributed by atoms with E-state index in [1.165, 1.54) is 6.92 Å². The Morgan fingerprint density at radius 2 is 2.03 bits per heavy atom. The summed E-state index contributed by atoms with van der Waals surface area (Å²) in [5.41, 5.74) is 2.40. The zero-order chi connectivity index (χ0) is 27.5. The maximum absolute atomic E-state index is 13.7. The Kier molecular flexibility index (Phi) is 6.51. The van der Waals surface area contributed by atoms with Gasteiger partial charge >= 0.3 is 5.97 Å². The van der Waals surface area contributed by atoms with Crippen LogP contribution in [0.5, 0.6) is 17.2 Å². The molecular formula is C30H36N2O6S. The first kappa shape index (κ1) is 26.3. The molecule has 39 heavy (non-hydrogen) atoms. The highest BCUT2D eigenvalue weighted by atomic mass is 32.2. The van der Waals surface area contributed by atoms with Crippen LogP contribution < -0.4 is 14.2 Å². The van der Waals surface area contributed by atoms with E-state index in [4.69, 9.17) is 14.2 Å². The summed E-state index contributed by atoms with van der Waals surface area (Å²) in [6.45, 7) is 7.03. The van der Waals surface area contributed by atoms with Gasteiger partial charge in [-0.15, -0.1) is 6.58 Å². The monoisotopic (exact) mass is 552 g/mol. The molecule has 1 spiro atoms. The number of sulfonamides is 1. The van der Waals surface area contributed by atoms with Gasteiger partial charge in [0.05, 0.1) is 18.9 Å². The average Bonchev–Trinajstić information content (AvgIpc) is 3.25. The quantitative estimate of drug-likeness (QED) is 0.281. The van der Waals surface area contributed by atoms with Crippen LogP contribution in [-0.4, -0.2) is 69.0 Å². The number of hydrogen-bond acceptors (Lipinski definition) is 7. The van der Waals surface area contributed by atoms with Crippen molar-refractivity contribution in [3.05, 3.63) is 65.7 Å². The van der Waals surface area contributed by atoms with E-state index in [0.717, 1.165) is 49.0 Å². The van der Waals surface area contributed by atoms with Gasteiger partial charge in [-0.2, -0.15) is 4.31 Å². The first-order valence-electron chi connectivity index (χ1n) is 13.6. The molecular weight excluding hydrogens is 516 g/mol. The van der Waals surface area contributed by atoms with Crippen LogP contribution >= 0.6 is 0 Å². The third-order valence-electron chi connectivity index (χ3n) is 9.41. The SMILES string of the molecule is C=CCN1CC[C@]23c4c5c(OC(C)=O)cc(OC)c4O[C@H]2[C@H](N(C)S(=O)(=O)Cc2ccccc2)CC[C@H]3[C@H]1C5. The Morgan fingerprint density at radius 1 is 1.26 bits per heavy atom. The van der Waals surface area contributed by atoms with Crippen molar-refractivity contribution in [3.63, 3.8) is 0 Å². The summed E-state index contributed by atoms with van der Waals surface area (Å²) in [7, 11) is -0.327. The Bertz CT molecular complexity index is 1410. The first-order chi connectivity index (χ1) is 18.7. The highest BCUT2D eigenvalue weighted by molar-refractivity contribution is 7.88. The first-order valence-corrected chi connectivity index (χ1v) is 15.3. The lowest BCUT2D eigenvalue weighted by Gasteiger charge is -2.60. The summed E-state index contributed by atoms with van der Waals surface area (Å²) in [6, 6.07) is 10.9. The lowest BCUT2D eigenvalue weighted by molar-refractivity contribution is -0.132. The number of ether oxygens (including phenoxy) is 3. The lowest BCUT2D eigenvalue weighted by Crippen LogP contribution is -2.68. The molecule has 2 aromatic carbocycles. The van der Waals surface area contributed by atoms with Gasteiger partial charge in [-0.1, -0.05) is 36.4 Å². The van der Waals surface area contributed by atoms with Gasteiger partial charge in [-0.25, -0.2) is 8.42 Å². The van der Waals surface area contributed by atoms with E-state index in [1.54, 1.807) is 24.5 Å². The zero-order valence-corrected chi connectivity index (χ0v) is 23.6. The van der Waals surface area contributed by atoms with Crippen LogP contribution in [0.2, 0.25) is 0 Å². The van der Waals surface area contributed by atoms with Gasteiger partial charge < -0.3 is 14.2 Å². The number of hydrogen-bond donors (Lipinski definition) is 0. The van der Waals surface area contributed by atoms with E-state index >= 15 is 0 Å². The zero-order valence-electron chi connectivity index (χ0n) is 22.8. The Balaban J connectivity index is 1.46. The average molecular weight is 553 g/mol. The number of piperidine rings is 1. The normalized spacial score (nSPS) is 28.9. The van der Waals surface area contributed by atoms with Gasteiger partial charge in [0.1, 0.15) is 11.9 Å². The molecule has 4 aliphatic rings. The fourth-order valence-electron chi connectivity index (χ4n) is 7.89. The Morgan fingerprint density at radius 3 is 2.72 bits per heavy atom. The molecule has 2 fully saturated rings. The van der Waals surface area contributed by atoms with Gasteiger partial charge in [0.25, 0.3) is 0 Å². The molecule has 208 valence electrons. The molecule has 2 heterocycles. The van der Waals surface area contributed by atoms with Gasteiger partial charge in [0, 0.05) is 49.2 Å². The molecule has 9 heteroatoms. The molecule has 0 N–H and O–H groups in total. The van der Waals surface area contributed by atoms with E-state index in [1.807, 2.05) is 36.4 Å². The van der Waals surface area contributed by atoms with Crippen molar-refractivity contribution in [2.75, 3.05) is 27.2 Å². The highest BCUT2D eigenvalue weighted by Gasteiger charge is 2.67. The number of nitrogens with zero attached hydrogens (tertiary/aromatic N) is 2. The second kappa shape index (κ2) is 9.64. The minimum absolute atomic E-state index is 0.0577. The van der Waals surface area contributed by atoms with Crippen molar-refractivity contribution < 1.29 is 27.4 Å². The van der Waals surface area contributed by atoms with Crippen molar-refractivity contribution in [1.29, 1.82) is 0 Å². The van der Waals surface area contributed by atoms with Crippen LogP contribution in [0.3, 0.4) is 0 Å². The van der Waals surface area contributed by atoms with Gasteiger partial charge in [-0.3, -0.25) is 9.69 Å². The summed E-state index contributed by atoms with van der Waals surface area (Å²) in [5, 5.41) is 0. The van der Waals surface area contributed by atoms with Gasteiger partial charge in [0.15, 0.2) is 11.5 Å². The van der Waals surface area contributed by atoms with Crippen LogP contribution in [0, 0.1) is 5.92 Å². The standard InChI is InChI=1S/C30H36N2O6S/c1-5-14-32-15-13-30-22-11-12-23(31(3)39(34,35)18-20-9-7-6-8-10-20)29(30)38-28-26(36-4)17-25(37-19(2)33)21(27(28)30)16-24(22)32/h5-10,17,22-24,29H,1,11-16,18H2,2-4H3/t22-,23+,24+,29-,30-/m0/s1. The number of rotatable bonds is 8. The minimum atomic E-state index is -3.61. The van der Waals surface area contributed by atoms with E-state index < -0.39 is 15.4 Å². The number of benzene rings is 2. The topological polar surface area (TPSA) is 85.4 Å². The largest absolute Gasteiger partial charge is 0.493 e. The Labute approximate surface area is 230 Å². The van der Waals surface area contributed by atoms with Crippen molar-refractivity contribution >= 4 is 16.0 Å². The third kappa shape index (κ3) is 4.00. The molecule has 6 rings (SSSR count). The summed E-state index contributed by atoms with van der Waals surface area (Å²) >= 11 is 0. The van der Waals surface area contributed by atoms with Crippen LogP contribution in [0.25, 0.3) is 0 Å². The number of likely N-dealkylation sites (tertiary alicyclic amines) is 1. The highest BCUT2D eigenvalue weighted by Crippen LogP contribution is 2.65. The molecule has 2 bridgehead atoms. The summed E-state index contributed by atoms with van der Waals surface area (Å²) in [4.78, 5) is 14.6. The second-order valence-corrected chi connectivity index (χ2v) is 13.3. The lowest BCUT2D eigenvalue weighted by atomic mass is 9.51. The number of methoxy groups -OCH3 is 1. The fourth-order valence-corrected chi connectivity index (χ4v) is 9.34. The molecule has 1 saturated heterocycles. The van der Waals surface area contributed by atoms with Crippen molar-refractivity contribution in [2.45, 2.75) is 62.0 Å². The summed E-state index contributed by atoms with van der Waals surface area (Å²) in [6.07, 6.45) is 4.73. The predicted octanol–water partition coefficient (Wildman–Crippen LogP) is 3.68. The summed E-state index contributed by atoms with van der Waals surface area (Å²) < 4.78 is 47.3. The van der Waals surface area contributed by atoms with E-state index in [0.29, 0.717) is 23.7 Å². The molecule has 2 aliphatic carbocycles. The molecule has 0 unspecified atom stereocenters. The van der Waals surface area contributed by atoms with E-state index in [2.05, 4.69) is 11.5 Å². The number of carbonyl (C=O) groups is 1. The minimum Gasteiger partial charge on any atom is -0.493 e. The van der Waals surface area contributed by atoms with E-state index in [-0.39, 0.29) is 35.8 Å². The molecule has 1 saturated carbocycles. The third-order valence-corrected chi connectivity index (χ3v) is 11.3. The second-order valence-electron chi connectivity index (χ2n) is 11.2. The van der Waals surface area contributed by atoms with Crippen molar-refractivity contribution in [1.82, 2.24) is 9.21 Å². The number of esters is 1. The van der Waals surface area contributed by atoms with Crippen LogP contribution in [0.1, 0.15) is 42.9 Å².